The molecule has 9 nitrogen and oxygen atoms in total. The number of halogens is 4. The first kappa shape index (κ1) is 28.2. The predicted molar refractivity (Wildman–Crippen MR) is 152 cm³/mol. The average molecular weight is 609 g/mol. The molecule has 0 spiro atoms. The van der Waals surface area contributed by atoms with Gasteiger partial charge in [-0.1, -0.05) is 6.07 Å². The van der Waals surface area contributed by atoms with Gasteiger partial charge in [-0.2, -0.15) is 18.3 Å². The highest BCUT2D eigenvalue weighted by Crippen LogP contribution is 2.35. The smallest absolute Gasteiger partial charge is 0.419 e. The highest BCUT2D eigenvalue weighted by molar-refractivity contribution is 5.95. The summed E-state index contributed by atoms with van der Waals surface area (Å²) < 4.78 is 60.0. The number of rotatable bonds is 6. The molecule has 0 radical (unpaired) electrons. The lowest BCUT2D eigenvalue weighted by molar-refractivity contribution is -0.138. The molecule has 228 valence electrons. The summed E-state index contributed by atoms with van der Waals surface area (Å²) in [4.78, 5) is 37.4. The lowest BCUT2D eigenvalue weighted by Crippen LogP contribution is -2.56. The van der Waals surface area contributed by atoms with E-state index in [1.165, 1.54) is 12.1 Å². The molecule has 13 heteroatoms. The van der Waals surface area contributed by atoms with Crippen molar-refractivity contribution in [2.75, 3.05) is 18.0 Å². The normalized spacial score (nSPS) is 20.2. The first-order chi connectivity index (χ1) is 21.1. The Morgan fingerprint density at radius 1 is 0.977 bits per heavy atom. The second kappa shape index (κ2) is 10.9. The van der Waals surface area contributed by atoms with E-state index in [1.54, 1.807) is 29.2 Å². The first-order valence-corrected chi connectivity index (χ1v) is 14.6. The maximum atomic E-state index is 15.1. The fourth-order valence-electron chi connectivity index (χ4n) is 6.29. The number of benzene rings is 2. The number of likely N-dealkylation sites (tertiary alicyclic amines) is 1. The second-order valence-corrected chi connectivity index (χ2v) is 11.6. The summed E-state index contributed by atoms with van der Waals surface area (Å²) in [6.45, 7) is 0.526. The lowest BCUT2D eigenvalue weighted by atomic mass is 9.96. The molecule has 1 aliphatic carbocycles. The largest absolute Gasteiger partial charge is 0.490 e. The van der Waals surface area contributed by atoms with Crippen molar-refractivity contribution < 1.29 is 27.1 Å². The molecular formula is C31H28F4N6O3. The molecule has 3 aliphatic rings. The molecule has 2 atom stereocenters. The fraction of sp³-hybridized carbons (Fsp3) is 0.387. The lowest BCUT2D eigenvalue weighted by Gasteiger charge is -2.41. The topological polar surface area (TPSA) is 104 Å². The number of alkyl halides is 3. The van der Waals surface area contributed by atoms with Gasteiger partial charge in [0.1, 0.15) is 11.6 Å². The van der Waals surface area contributed by atoms with Gasteiger partial charge in [0.2, 0.25) is 5.95 Å². The summed E-state index contributed by atoms with van der Waals surface area (Å²) in [5.74, 6) is -0.284. The van der Waals surface area contributed by atoms with Crippen molar-refractivity contribution in [2.24, 2.45) is 0 Å². The van der Waals surface area contributed by atoms with Crippen LogP contribution in [0.5, 0.6) is 5.75 Å². The average Bonchev–Trinajstić information content (AvgIpc) is 3.25. The monoisotopic (exact) mass is 608 g/mol. The molecule has 2 bridgehead atoms. The highest BCUT2D eigenvalue weighted by atomic mass is 19.4. The number of carbonyl (C=O) groups excluding carboxylic acids is 1. The molecule has 7 rings (SSSR count). The number of amides is 1. The number of anilines is 1. The van der Waals surface area contributed by atoms with Crippen LogP contribution in [0.25, 0.3) is 10.8 Å². The second-order valence-electron chi connectivity index (χ2n) is 11.6. The van der Waals surface area contributed by atoms with Crippen molar-refractivity contribution >= 4 is 22.6 Å². The zero-order valence-corrected chi connectivity index (χ0v) is 23.5. The minimum Gasteiger partial charge on any atom is -0.490 e. The minimum absolute atomic E-state index is 0.0798. The van der Waals surface area contributed by atoms with Crippen molar-refractivity contribution in [3.63, 3.8) is 0 Å². The Balaban J connectivity index is 1.10. The fourth-order valence-corrected chi connectivity index (χ4v) is 6.29. The Kier molecular flexibility index (Phi) is 6.97. The van der Waals surface area contributed by atoms with Crippen LogP contribution >= 0.6 is 0 Å². The van der Waals surface area contributed by atoms with Gasteiger partial charge in [0.05, 0.1) is 28.3 Å². The van der Waals surface area contributed by atoms with Gasteiger partial charge in [-0.25, -0.2) is 19.5 Å². The summed E-state index contributed by atoms with van der Waals surface area (Å²) in [5.41, 5.74) is -0.133. The zero-order valence-electron chi connectivity index (χ0n) is 23.5. The molecule has 1 saturated carbocycles. The number of carbonyl (C=O) groups is 1. The van der Waals surface area contributed by atoms with E-state index in [0.717, 1.165) is 31.7 Å². The Hall–Kier alpha value is -4.55. The molecule has 2 aliphatic heterocycles. The molecule has 1 unspecified atom stereocenters. The van der Waals surface area contributed by atoms with E-state index in [2.05, 4.69) is 20.2 Å². The third kappa shape index (κ3) is 5.24. The SMILES string of the molecule is O=C(c1cc(Cc2n[nH]c(=O)c3ccc(OC4CCC4)cc23)ccc1F)N1CC2CC[C@@H](C1)N2c1ncc(C(F)(F)F)cn1. The van der Waals surface area contributed by atoms with Crippen LogP contribution in [0.3, 0.4) is 0 Å². The number of nitrogens with one attached hydrogen (secondary N) is 1. The van der Waals surface area contributed by atoms with Gasteiger partial charge in [-0.05, 0) is 68.0 Å². The number of piperazine rings is 1. The zero-order chi connectivity index (χ0) is 30.6. The molecule has 3 fully saturated rings. The highest BCUT2D eigenvalue weighted by Gasteiger charge is 2.43. The van der Waals surface area contributed by atoms with Crippen molar-refractivity contribution in [1.29, 1.82) is 0 Å². The molecule has 44 heavy (non-hydrogen) atoms. The predicted octanol–water partition coefficient (Wildman–Crippen LogP) is 4.89. The van der Waals surface area contributed by atoms with Gasteiger partial charge in [0.25, 0.3) is 11.5 Å². The molecule has 1 amide bonds. The van der Waals surface area contributed by atoms with Gasteiger partial charge in [0.15, 0.2) is 0 Å². The first-order valence-electron chi connectivity index (χ1n) is 14.6. The van der Waals surface area contributed by atoms with Crippen LogP contribution in [0.15, 0.2) is 53.6 Å². The quantitative estimate of drug-likeness (QED) is 0.311. The van der Waals surface area contributed by atoms with E-state index in [1.807, 2.05) is 4.90 Å². The van der Waals surface area contributed by atoms with E-state index in [4.69, 9.17) is 4.74 Å². The summed E-state index contributed by atoms with van der Waals surface area (Å²) >= 11 is 0. The van der Waals surface area contributed by atoms with E-state index < -0.39 is 23.5 Å². The Morgan fingerprint density at radius 2 is 1.70 bits per heavy atom. The van der Waals surface area contributed by atoms with Crippen molar-refractivity contribution in [3.05, 3.63) is 87.3 Å². The van der Waals surface area contributed by atoms with E-state index in [9.17, 15) is 22.8 Å². The number of ether oxygens (including phenoxy) is 1. The van der Waals surface area contributed by atoms with Gasteiger partial charge >= 0.3 is 6.18 Å². The number of hydrogen-bond donors (Lipinski definition) is 1. The van der Waals surface area contributed by atoms with Gasteiger partial charge in [0, 0.05) is 49.4 Å². The summed E-state index contributed by atoms with van der Waals surface area (Å²) in [5, 5.41) is 7.87. The Labute approximate surface area is 248 Å². The van der Waals surface area contributed by atoms with Crippen molar-refractivity contribution in [3.8, 4) is 5.75 Å². The molecule has 2 aromatic carbocycles. The van der Waals surface area contributed by atoms with Crippen LogP contribution in [0.4, 0.5) is 23.5 Å². The van der Waals surface area contributed by atoms with E-state index in [0.29, 0.717) is 40.6 Å². The third-order valence-corrected chi connectivity index (χ3v) is 8.79. The van der Waals surface area contributed by atoms with Crippen LogP contribution < -0.4 is 15.2 Å². The molecule has 4 heterocycles. The van der Waals surface area contributed by atoms with E-state index >= 15 is 4.39 Å². The maximum absolute atomic E-state index is 15.1. The van der Waals surface area contributed by atoms with Crippen LogP contribution in [-0.2, 0) is 12.6 Å². The summed E-state index contributed by atoms with van der Waals surface area (Å²) in [7, 11) is 0. The Morgan fingerprint density at radius 3 is 2.36 bits per heavy atom. The number of fused-ring (bicyclic) bond motifs is 3. The van der Waals surface area contributed by atoms with Crippen LogP contribution in [0.1, 0.15) is 59.3 Å². The number of aromatic amines is 1. The van der Waals surface area contributed by atoms with Gasteiger partial charge < -0.3 is 14.5 Å². The molecule has 2 saturated heterocycles. The number of H-pyrrole nitrogens is 1. The van der Waals surface area contributed by atoms with Crippen LogP contribution in [-0.4, -0.2) is 62.2 Å². The summed E-state index contributed by atoms with van der Waals surface area (Å²) in [6.07, 6.45) is 1.93. The maximum Gasteiger partial charge on any atom is 0.419 e. The number of aromatic nitrogens is 4. The van der Waals surface area contributed by atoms with Gasteiger partial charge in [-0.3, -0.25) is 9.59 Å². The number of nitrogens with zero attached hydrogens (tertiary/aromatic N) is 5. The molecule has 1 N–H and O–H groups in total. The summed E-state index contributed by atoms with van der Waals surface area (Å²) in [6, 6.07) is 9.23. The minimum atomic E-state index is -4.53. The molecule has 2 aromatic heterocycles. The van der Waals surface area contributed by atoms with Gasteiger partial charge in [-0.15, -0.1) is 0 Å². The Bertz CT molecular complexity index is 1780. The molecular weight excluding hydrogens is 580 g/mol. The third-order valence-electron chi connectivity index (χ3n) is 8.79. The molecule has 4 aromatic rings. The number of hydrogen-bond acceptors (Lipinski definition) is 7. The standard InChI is InChI=1S/C31H28F4N6O3/c32-26-9-4-17(11-27-24-12-22(44-21-2-1-3-21)7-8-23(24)28(42)39-38-27)10-25(26)29(43)40-15-19-5-6-20(16-40)41(19)30-36-13-18(14-37-30)31(33,34)35/h4,7-10,12-14,19-21H,1-3,5-6,11,15-16H2,(H,39,42)/t19-,20?/m0/s1. The van der Waals surface area contributed by atoms with Crippen molar-refractivity contribution in [1.82, 2.24) is 25.1 Å². The van der Waals surface area contributed by atoms with E-state index in [-0.39, 0.29) is 54.8 Å². The van der Waals surface area contributed by atoms with Crippen molar-refractivity contribution in [2.45, 2.75) is 62.9 Å². The van der Waals surface area contributed by atoms with Crippen LogP contribution in [0, 0.1) is 5.82 Å². The van der Waals surface area contributed by atoms with Crippen LogP contribution in [0.2, 0.25) is 0 Å².